The normalized spacial score (nSPS) is 13.3. The van der Waals surface area contributed by atoms with Gasteiger partial charge in [-0.2, -0.15) is 4.98 Å². The molecule has 158 valence electrons. The number of hydrogen-bond acceptors (Lipinski definition) is 6. The number of anilines is 4. The Morgan fingerprint density at radius 2 is 2.10 bits per heavy atom. The summed E-state index contributed by atoms with van der Waals surface area (Å²) in [5.41, 5.74) is 4.02. The second kappa shape index (κ2) is 9.50. The topological polar surface area (TPSA) is 111 Å². The van der Waals surface area contributed by atoms with Crippen molar-refractivity contribution in [1.29, 1.82) is 0 Å². The van der Waals surface area contributed by atoms with Gasteiger partial charge in [0.15, 0.2) is 0 Å². The fourth-order valence-corrected chi connectivity index (χ4v) is 3.41. The number of nitrogens with one attached hydrogen (secondary N) is 4. The molecule has 1 aliphatic heterocycles. The van der Waals surface area contributed by atoms with E-state index in [1.807, 2.05) is 30.0 Å². The number of likely N-dealkylation sites (tertiary alicyclic amines) is 1. The van der Waals surface area contributed by atoms with Gasteiger partial charge in [0, 0.05) is 55.5 Å². The molecule has 0 saturated carbocycles. The van der Waals surface area contributed by atoms with Crippen LogP contribution in [0.15, 0.2) is 36.9 Å². The van der Waals surface area contributed by atoms with Crippen LogP contribution < -0.4 is 21.4 Å². The standard InChI is InChI=1S/C21H25BN8O/c1-14-4-5-15(10-18(14)28-21(31)30-8-2-3-9-30)27-20-25-12-17(22)19(29-20)24-7-6-16-11-23-13-26-16/h4-5,10-13H,2-3,6-9H2,1H3,(H,23,26)(H,28,31)(H2,24,25,27,29). The average Bonchev–Trinajstić information content (AvgIpc) is 3.47. The van der Waals surface area contributed by atoms with Crippen LogP contribution in [0.4, 0.5) is 27.9 Å². The van der Waals surface area contributed by atoms with E-state index in [1.54, 1.807) is 18.7 Å². The van der Waals surface area contributed by atoms with Crippen molar-refractivity contribution in [3.8, 4) is 0 Å². The molecule has 0 unspecified atom stereocenters. The number of imidazole rings is 1. The van der Waals surface area contributed by atoms with Crippen LogP contribution in [-0.2, 0) is 6.42 Å². The lowest BCUT2D eigenvalue weighted by atomic mass is 9.99. The largest absolute Gasteiger partial charge is 0.370 e. The zero-order valence-corrected chi connectivity index (χ0v) is 17.5. The van der Waals surface area contributed by atoms with Gasteiger partial charge in [0.1, 0.15) is 13.7 Å². The maximum absolute atomic E-state index is 12.4. The maximum Gasteiger partial charge on any atom is 0.321 e. The van der Waals surface area contributed by atoms with Crippen molar-refractivity contribution in [2.75, 3.05) is 35.6 Å². The molecule has 2 amide bonds. The first-order chi connectivity index (χ1) is 15.1. The fourth-order valence-electron chi connectivity index (χ4n) is 3.41. The monoisotopic (exact) mass is 416 g/mol. The molecule has 1 saturated heterocycles. The van der Waals surface area contributed by atoms with Crippen LogP contribution >= 0.6 is 0 Å². The number of aromatic amines is 1. The van der Waals surface area contributed by atoms with Crippen LogP contribution in [0.5, 0.6) is 0 Å². The van der Waals surface area contributed by atoms with Crippen molar-refractivity contribution in [2.24, 2.45) is 0 Å². The number of nitrogens with zero attached hydrogens (tertiary/aromatic N) is 4. The molecular formula is C21H25BN8O. The Morgan fingerprint density at radius 3 is 2.87 bits per heavy atom. The summed E-state index contributed by atoms with van der Waals surface area (Å²) in [6.45, 7) is 4.22. The second-order valence-electron chi connectivity index (χ2n) is 7.53. The molecule has 2 radical (unpaired) electrons. The van der Waals surface area contributed by atoms with E-state index in [0.717, 1.165) is 55.0 Å². The maximum atomic E-state index is 12.4. The molecule has 1 aliphatic rings. The first kappa shape index (κ1) is 20.7. The third kappa shape index (κ3) is 5.33. The summed E-state index contributed by atoms with van der Waals surface area (Å²) >= 11 is 0. The number of aromatic nitrogens is 4. The van der Waals surface area contributed by atoms with E-state index in [4.69, 9.17) is 7.85 Å². The molecule has 31 heavy (non-hydrogen) atoms. The number of H-pyrrole nitrogens is 1. The minimum Gasteiger partial charge on any atom is -0.370 e. The predicted octanol–water partition coefficient (Wildman–Crippen LogP) is 2.33. The SMILES string of the molecule is [B]c1cnc(Nc2ccc(C)c(NC(=O)N3CCCC3)c2)nc1NCCc1cnc[nH]1. The highest BCUT2D eigenvalue weighted by Gasteiger charge is 2.18. The van der Waals surface area contributed by atoms with E-state index in [9.17, 15) is 4.79 Å². The van der Waals surface area contributed by atoms with Crippen molar-refractivity contribution in [3.63, 3.8) is 0 Å². The Balaban J connectivity index is 1.41. The van der Waals surface area contributed by atoms with Crippen LogP contribution in [0.2, 0.25) is 0 Å². The predicted molar refractivity (Wildman–Crippen MR) is 122 cm³/mol. The summed E-state index contributed by atoms with van der Waals surface area (Å²) in [6, 6.07) is 5.69. The molecule has 0 bridgehead atoms. The van der Waals surface area contributed by atoms with E-state index >= 15 is 0 Å². The van der Waals surface area contributed by atoms with Crippen LogP contribution in [-0.4, -0.2) is 58.3 Å². The molecule has 2 aromatic heterocycles. The molecule has 0 spiro atoms. The summed E-state index contributed by atoms with van der Waals surface area (Å²) < 4.78 is 0. The zero-order valence-electron chi connectivity index (χ0n) is 17.5. The van der Waals surface area contributed by atoms with Crippen molar-refractivity contribution in [3.05, 3.63) is 48.2 Å². The molecule has 9 nitrogen and oxygen atoms in total. The summed E-state index contributed by atoms with van der Waals surface area (Å²) in [7, 11) is 6.01. The van der Waals surface area contributed by atoms with Gasteiger partial charge in [0.25, 0.3) is 0 Å². The van der Waals surface area contributed by atoms with E-state index in [2.05, 4.69) is 35.9 Å². The smallest absolute Gasteiger partial charge is 0.321 e. The zero-order chi connectivity index (χ0) is 21.6. The lowest BCUT2D eigenvalue weighted by molar-refractivity contribution is 0.222. The Kier molecular flexibility index (Phi) is 6.35. The number of carbonyl (C=O) groups is 1. The number of hydrogen-bond donors (Lipinski definition) is 4. The Morgan fingerprint density at radius 1 is 1.26 bits per heavy atom. The number of urea groups is 1. The highest BCUT2D eigenvalue weighted by molar-refractivity contribution is 6.35. The van der Waals surface area contributed by atoms with Crippen molar-refractivity contribution >= 4 is 42.5 Å². The third-order valence-electron chi connectivity index (χ3n) is 5.19. The number of benzene rings is 1. The van der Waals surface area contributed by atoms with Crippen molar-refractivity contribution in [2.45, 2.75) is 26.2 Å². The minimum atomic E-state index is -0.0646. The number of amides is 2. The molecule has 0 aliphatic carbocycles. The van der Waals surface area contributed by atoms with E-state index in [0.29, 0.717) is 23.8 Å². The van der Waals surface area contributed by atoms with Gasteiger partial charge in [-0.1, -0.05) is 6.07 Å². The molecule has 4 rings (SSSR count). The van der Waals surface area contributed by atoms with Gasteiger partial charge in [-0.25, -0.2) is 14.8 Å². The Labute approximate surface area is 182 Å². The van der Waals surface area contributed by atoms with E-state index in [-0.39, 0.29) is 6.03 Å². The molecule has 3 heterocycles. The average molecular weight is 416 g/mol. The first-order valence-corrected chi connectivity index (χ1v) is 10.4. The Bertz CT molecular complexity index is 1030. The van der Waals surface area contributed by atoms with Gasteiger partial charge < -0.3 is 25.8 Å². The number of carbonyl (C=O) groups excluding carboxylic acids is 1. The number of aryl methyl sites for hydroxylation is 1. The molecule has 10 heteroatoms. The van der Waals surface area contributed by atoms with Gasteiger partial charge >= 0.3 is 6.03 Å². The van der Waals surface area contributed by atoms with E-state index in [1.165, 1.54) is 0 Å². The van der Waals surface area contributed by atoms with Crippen LogP contribution in [0, 0.1) is 6.92 Å². The first-order valence-electron chi connectivity index (χ1n) is 10.4. The summed E-state index contributed by atoms with van der Waals surface area (Å²) in [6.07, 6.45) is 7.89. The molecule has 1 aromatic carbocycles. The van der Waals surface area contributed by atoms with Crippen LogP contribution in [0.3, 0.4) is 0 Å². The summed E-state index contributed by atoms with van der Waals surface area (Å²) in [4.78, 5) is 30.1. The van der Waals surface area contributed by atoms with E-state index < -0.39 is 0 Å². The third-order valence-corrected chi connectivity index (χ3v) is 5.19. The van der Waals surface area contributed by atoms with Gasteiger partial charge in [0.2, 0.25) is 5.95 Å². The second-order valence-corrected chi connectivity index (χ2v) is 7.53. The molecule has 3 aromatic rings. The lowest BCUT2D eigenvalue weighted by Crippen LogP contribution is -2.32. The molecule has 0 atom stereocenters. The fraction of sp³-hybridized carbons (Fsp3) is 0.333. The number of rotatable bonds is 7. The summed E-state index contributed by atoms with van der Waals surface area (Å²) in [5.74, 6) is 0.977. The van der Waals surface area contributed by atoms with Crippen molar-refractivity contribution < 1.29 is 4.79 Å². The minimum absolute atomic E-state index is 0.0646. The Hall–Kier alpha value is -3.56. The van der Waals surface area contributed by atoms with Crippen LogP contribution in [0.1, 0.15) is 24.1 Å². The lowest BCUT2D eigenvalue weighted by Gasteiger charge is -2.18. The molecule has 4 N–H and O–H groups in total. The molecule has 1 fully saturated rings. The van der Waals surface area contributed by atoms with Crippen LogP contribution in [0.25, 0.3) is 0 Å². The van der Waals surface area contributed by atoms with Crippen molar-refractivity contribution in [1.82, 2.24) is 24.8 Å². The summed E-state index contributed by atoms with van der Waals surface area (Å²) in [5, 5.41) is 9.42. The highest BCUT2D eigenvalue weighted by Crippen LogP contribution is 2.23. The quantitative estimate of drug-likeness (QED) is 0.440. The van der Waals surface area contributed by atoms with Gasteiger partial charge in [-0.3, -0.25) is 0 Å². The molecular weight excluding hydrogens is 391 g/mol. The van der Waals surface area contributed by atoms with Gasteiger partial charge in [-0.05, 0) is 42.9 Å². The van der Waals surface area contributed by atoms with Gasteiger partial charge in [-0.15, -0.1) is 0 Å². The van der Waals surface area contributed by atoms with Gasteiger partial charge in [0.05, 0.1) is 6.33 Å². The highest BCUT2D eigenvalue weighted by atomic mass is 16.2.